The maximum absolute atomic E-state index is 13.2. The van der Waals surface area contributed by atoms with Gasteiger partial charge in [-0.05, 0) is 31.6 Å². The van der Waals surface area contributed by atoms with Crippen LogP contribution in [0.25, 0.3) is 0 Å². The van der Waals surface area contributed by atoms with Gasteiger partial charge in [-0.2, -0.15) is 0 Å². The second kappa shape index (κ2) is 82.6. The number of hydrogen-bond acceptors (Lipinski definition) is 15. The van der Waals surface area contributed by atoms with E-state index in [0.29, 0.717) is 25.7 Å². The Morgan fingerprint density at radius 2 is 0.440 bits per heavy atom. The predicted octanol–water partition coefficient (Wildman–Crippen LogP) is 27.9. The first-order valence-electron chi connectivity index (χ1n) is 46.7. The number of esters is 4. The SMILES string of the molecule is CCCCCCCCCCCCCCCCCCCCCCC(=O)OC[C@H](COP(=O)(O)OC[C@@H](O)COP(=O)(O)OC[C@@H](COC(=O)CCCCCCCCC)OC(=O)CCCCCCCCCCCCCCCCCCCCCC)OC(=O)CCCCCCCCCCCCCCCCCCCCC(C)CC. The second-order valence-corrected chi connectivity index (χ2v) is 35.5. The number of aliphatic hydroxyl groups excluding tert-OH is 1. The van der Waals surface area contributed by atoms with Gasteiger partial charge in [-0.1, -0.05) is 439 Å². The Morgan fingerprint density at radius 3 is 0.651 bits per heavy atom. The minimum absolute atomic E-state index is 0.109. The third kappa shape index (κ3) is 82.4. The van der Waals surface area contributed by atoms with Crippen molar-refractivity contribution in [2.75, 3.05) is 39.6 Å². The molecule has 648 valence electrons. The van der Waals surface area contributed by atoms with Crippen molar-refractivity contribution in [1.82, 2.24) is 0 Å². The first-order valence-corrected chi connectivity index (χ1v) is 49.7. The molecule has 0 aliphatic rings. The Hall–Kier alpha value is -1.94. The molecular formula is C90H176O17P2. The molecule has 109 heavy (non-hydrogen) atoms. The summed E-state index contributed by atoms with van der Waals surface area (Å²) in [6, 6.07) is 0. The van der Waals surface area contributed by atoms with Crippen LogP contribution in [0.3, 0.4) is 0 Å². The summed E-state index contributed by atoms with van der Waals surface area (Å²) >= 11 is 0. The zero-order valence-electron chi connectivity index (χ0n) is 71.7. The molecule has 3 N–H and O–H groups in total. The molecule has 17 nitrogen and oxygen atoms in total. The fourth-order valence-corrected chi connectivity index (χ4v) is 15.7. The van der Waals surface area contributed by atoms with Gasteiger partial charge in [0.05, 0.1) is 26.4 Å². The van der Waals surface area contributed by atoms with E-state index in [2.05, 4.69) is 34.6 Å². The number of hydrogen-bond donors (Lipinski definition) is 3. The Labute approximate surface area is 670 Å². The summed E-state index contributed by atoms with van der Waals surface area (Å²) in [5, 5.41) is 10.7. The maximum atomic E-state index is 13.2. The zero-order valence-corrected chi connectivity index (χ0v) is 73.5. The van der Waals surface area contributed by atoms with Crippen LogP contribution in [0.4, 0.5) is 0 Å². The molecule has 0 bridgehead atoms. The first kappa shape index (κ1) is 107. The van der Waals surface area contributed by atoms with Gasteiger partial charge in [0.2, 0.25) is 0 Å². The Kier molecular flexibility index (Phi) is 81.1. The molecular weight excluding hydrogens is 1410 g/mol. The lowest BCUT2D eigenvalue weighted by Gasteiger charge is -2.21. The summed E-state index contributed by atoms with van der Waals surface area (Å²) in [6.45, 7) is 7.41. The normalized spacial score (nSPS) is 13.9. The second-order valence-electron chi connectivity index (χ2n) is 32.6. The van der Waals surface area contributed by atoms with Crippen LogP contribution >= 0.6 is 15.6 Å². The number of phosphoric ester groups is 2. The highest BCUT2D eigenvalue weighted by Crippen LogP contribution is 2.45. The molecule has 0 aromatic carbocycles. The van der Waals surface area contributed by atoms with E-state index < -0.39 is 97.5 Å². The van der Waals surface area contributed by atoms with Crippen LogP contribution in [0.2, 0.25) is 0 Å². The number of carbonyl (C=O) groups excluding carboxylic acids is 4. The highest BCUT2D eigenvalue weighted by Gasteiger charge is 2.31. The minimum atomic E-state index is -4.97. The molecule has 3 unspecified atom stereocenters. The summed E-state index contributed by atoms with van der Waals surface area (Å²) < 4.78 is 68.9. The van der Waals surface area contributed by atoms with Crippen molar-refractivity contribution in [2.45, 2.75) is 509 Å². The van der Waals surface area contributed by atoms with Gasteiger partial charge in [-0.3, -0.25) is 37.3 Å². The van der Waals surface area contributed by atoms with Crippen LogP contribution in [-0.4, -0.2) is 96.7 Å². The molecule has 0 aromatic rings. The number of carbonyl (C=O) groups is 4. The van der Waals surface area contributed by atoms with Crippen LogP contribution in [0.1, 0.15) is 490 Å². The van der Waals surface area contributed by atoms with E-state index in [9.17, 15) is 43.2 Å². The number of ether oxygens (including phenoxy) is 4. The number of rotatable bonds is 90. The van der Waals surface area contributed by atoms with Crippen molar-refractivity contribution in [3.05, 3.63) is 0 Å². The summed E-state index contributed by atoms with van der Waals surface area (Å²) in [4.78, 5) is 73.2. The summed E-state index contributed by atoms with van der Waals surface area (Å²) in [6.07, 6.45) is 78.1. The van der Waals surface area contributed by atoms with Crippen LogP contribution in [0.15, 0.2) is 0 Å². The molecule has 0 saturated heterocycles. The first-order chi connectivity index (χ1) is 53.1. The Morgan fingerprint density at radius 1 is 0.257 bits per heavy atom. The van der Waals surface area contributed by atoms with E-state index in [0.717, 1.165) is 109 Å². The molecule has 0 aromatic heterocycles. The predicted molar refractivity (Wildman–Crippen MR) is 451 cm³/mol. The highest BCUT2D eigenvalue weighted by molar-refractivity contribution is 7.47. The quantitative estimate of drug-likeness (QED) is 0.0222. The fraction of sp³-hybridized carbons (Fsp3) is 0.956. The fourth-order valence-electron chi connectivity index (χ4n) is 14.1. The smallest absolute Gasteiger partial charge is 0.462 e. The molecule has 0 spiro atoms. The van der Waals surface area contributed by atoms with Crippen molar-refractivity contribution in [3.63, 3.8) is 0 Å². The van der Waals surface area contributed by atoms with E-state index in [1.54, 1.807) is 0 Å². The molecule has 0 radical (unpaired) electrons. The van der Waals surface area contributed by atoms with Crippen LogP contribution < -0.4 is 0 Å². The van der Waals surface area contributed by atoms with E-state index in [-0.39, 0.29) is 25.7 Å². The molecule has 0 aliphatic carbocycles. The van der Waals surface area contributed by atoms with E-state index in [1.807, 2.05) is 0 Å². The highest BCUT2D eigenvalue weighted by atomic mass is 31.2. The summed E-state index contributed by atoms with van der Waals surface area (Å²) in [5.41, 5.74) is 0. The van der Waals surface area contributed by atoms with Gasteiger partial charge in [-0.25, -0.2) is 9.13 Å². The van der Waals surface area contributed by atoms with Crippen LogP contribution in [0, 0.1) is 5.92 Å². The monoisotopic (exact) mass is 1590 g/mol. The lowest BCUT2D eigenvalue weighted by Crippen LogP contribution is -2.30. The molecule has 0 fully saturated rings. The molecule has 6 atom stereocenters. The molecule has 0 amide bonds. The van der Waals surface area contributed by atoms with Gasteiger partial charge < -0.3 is 33.8 Å². The topological polar surface area (TPSA) is 237 Å². The van der Waals surface area contributed by atoms with E-state index in [1.165, 1.54) is 302 Å². The molecule has 0 aliphatic heterocycles. The number of phosphoric acid groups is 2. The van der Waals surface area contributed by atoms with Crippen molar-refractivity contribution in [3.8, 4) is 0 Å². The lowest BCUT2D eigenvalue weighted by molar-refractivity contribution is -0.161. The van der Waals surface area contributed by atoms with Gasteiger partial charge in [0, 0.05) is 25.7 Å². The zero-order chi connectivity index (χ0) is 79.7. The van der Waals surface area contributed by atoms with Crippen LogP contribution in [0.5, 0.6) is 0 Å². The molecule has 0 saturated carbocycles. The van der Waals surface area contributed by atoms with Crippen molar-refractivity contribution >= 4 is 39.5 Å². The molecule has 19 heteroatoms. The third-order valence-corrected chi connectivity index (χ3v) is 23.5. The average molecular weight is 1590 g/mol. The van der Waals surface area contributed by atoms with Crippen molar-refractivity contribution in [2.24, 2.45) is 5.92 Å². The van der Waals surface area contributed by atoms with E-state index in [4.69, 9.17) is 37.0 Å². The minimum Gasteiger partial charge on any atom is -0.462 e. The summed E-state index contributed by atoms with van der Waals surface area (Å²) in [5.74, 6) is -1.23. The Bertz CT molecular complexity index is 2070. The van der Waals surface area contributed by atoms with Crippen molar-refractivity contribution in [1.29, 1.82) is 0 Å². The van der Waals surface area contributed by atoms with Gasteiger partial charge in [0.25, 0.3) is 0 Å². The Balaban J connectivity index is 5.14. The number of aliphatic hydroxyl groups is 1. The standard InChI is InChI=1S/C90H176O17P2/c1-6-10-13-16-19-21-23-25-27-29-31-33-38-42-46-50-54-59-64-69-74-88(93)101-80-86(107-90(95)76-71-66-61-56-52-48-44-40-36-35-37-41-45-49-53-58-62-67-72-83(5)9-4)82-105-109(98,99)103-78-84(91)77-102-108(96,97)104-81-85(79-100-87(92)73-68-63-57-18-15-12-8-3)106-89(94)75-70-65-60-55-51-47-43-39-34-32-30-28-26-24-22-20-17-14-11-7-2/h83-86,91H,6-82H2,1-5H3,(H,96,97)(H,98,99)/t83?,84-,85+,86+/m0/s1. The average Bonchev–Trinajstić information content (AvgIpc) is 0.899. The van der Waals surface area contributed by atoms with Gasteiger partial charge >= 0.3 is 39.5 Å². The largest absolute Gasteiger partial charge is 0.472 e. The maximum Gasteiger partial charge on any atom is 0.472 e. The van der Waals surface area contributed by atoms with Gasteiger partial charge in [-0.15, -0.1) is 0 Å². The number of unbranched alkanes of at least 4 members (excludes halogenated alkanes) is 61. The van der Waals surface area contributed by atoms with Gasteiger partial charge in [0.1, 0.15) is 19.3 Å². The van der Waals surface area contributed by atoms with Gasteiger partial charge in [0.15, 0.2) is 12.2 Å². The van der Waals surface area contributed by atoms with E-state index >= 15 is 0 Å². The molecule has 0 heterocycles. The summed E-state index contributed by atoms with van der Waals surface area (Å²) in [7, 11) is -9.93. The third-order valence-electron chi connectivity index (χ3n) is 21.6. The van der Waals surface area contributed by atoms with Crippen LogP contribution in [-0.2, 0) is 65.4 Å². The lowest BCUT2D eigenvalue weighted by atomic mass is 9.99. The van der Waals surface area contributed by atoms with Crippen molar-refractivity contribution < 1.29 is 80.2 Å². The molecule has 0 rings (SSSR count).